The molecule has 0 aliphatic heterocycles. The molecule has 0 aromatic heterocycles. The molecular formula is C29H49NO. The molecule has 4 aliphatic carbocycles. The van der Waals surface area contributed by atoms with E-state index < -0.39 is 0 Å². The van der Waals surface area contributed by atoms with Crippen molar-refractivity contribution in [2.24, 2.45) is 46.3 Å². The van der Waals surface area contributed by atoms with Crippen LogP contribution in [0.4, 0.5) is 0 Å². The number of rotatable bonds is 6. The lowest BCUT2D eigenvalue weighted by Crippen LogP contribution is -2.52. The monoisotopic (exact) mass is 427 g/mol. The van der Waals surface area contributed by atoms with Gasteiger partial charge in [0.2, 0.25) is 5.91 Å². The van der Waals surface area contributed by atoms with E-state index in [9.17, 15) is 4.79 Å². The van der Waals surface area contributed by atoms with Gasteiger partial charge in [0.15, 0.2) is 0 Å². The number of nitrogens with one attached hydrogen (secondary N) is 1. The Bertz CT molecular complexity index is 695. The Balaban J connectivity index is 1.47. The summed E-state index contributed by atoms with van der Waals surface area (Å²) in [5.74, 6) is 5.53. The summed E-state index contributed by atoms with van der Waals surface area (Å²) in [4.78, 5) is 11.6. The summed E-state index contributed by atoms with van der Waals surface area (Å²) < 4.78 is 0. The molecule has 1 N–H and O–H groups in total. The quantitative estimate of drug-likeness (QED) is 0.436. The Morgan fingerprint density at radius 2 is 1.84 bits per heavy atom. The Hall–Kier alpha value is -0.790. The second-order valence-electron chi connectivity index (χ2n) is 12.9. The number of hydrogen-bond donors (Lipinski definition) is 1. The van der Waals surface area contributed by atoms with E-state index in [4.69, 9.17) is 0 Å². The molecule has 0 saturated heterocycles. The van der Waals surface area contributed by atoms with E-state index in [-0.39, 0.29) is 5.91 Å². The smallest absolute Gasteiger partial charge is 0.217 e. The number of fused-ring (bicyclic) bond motifs is 5. The summed E-state index contributed by atoms with van der Waals surface area (Å²) >= 11 is 0. The predicted molar refractivity (Wildman–Crippen MR) is 131 cm³/mol. The fourth-order valence-corrected chi connectivity index (χ4v) is 9.10. The first kappa shape index (κ1) is 23.4. The maximum absolute atomic E-state index is 11.6. The fourth-order valence-electron chi connectivity index (χ4n) is 9.10. The minimum absolute atomic E-state index is 0.135. The molecule has 4 aliphatic rings. The zero-order chi connectivity index (χ0) is 22.4. The number of carbonyl (C=O) groups is 1. The van der Waals surface area contributed by atoms with Gasteiger partial charge in [-0.2, -0.15) is 0 Å². The average Bonchev–Trinajstić information content (AvgIpc) is 3.05. The maximum atomic E-state index is 11.6. The van der Waals surface area contributed by atoms with Crippen molar-refractivity contribution in [1.29, 1.82) is 0 Å². The highest BCUT2D eigenvalue weighted by molar-refractivity contribution is 5.73. The van der Waals surface area contributed by atoms with Crippen LogP contribution in [0.5, 0.6) is 0 Å². The van der Waals surface area contributed by atoms with Crippen molar-refractivity contribution >= 4 is 5.91 Å². The van der Waals surface area contributed by atoms with Gasteiger partial charge in [-0.1, -0.05) is 65.5 Å². The molecule has 0 aromatic rings. The molecule has 176 valence electrons. The van der Waals surface area contributed by atoms with Crippen LogP contribution in [0.2, 0.25) is 0 Å². The molecule has 0 spiro atoms. The van der Waals surface area contributed by atoms with Gasteiger partial charge in [-0.25, -0.2) is 0 Å². The lowest BCUT2D eigenvalue weighted by Gasteiger charge is -2.58. The summed E-state index contributed by atoms with van der Waals surface area (Å²) in [5.41, 5.74) is 2.65. The van der Waals surface area contributed by atoms with Crippen LogP contribution in [0.25, 0.3) is 0 Å². The van der Waals surface area contributed by atoms with Crippen molar-refractivity contribution in [3.63, 3.8) is 0 Å². The van der Waals surface area contributed by atoms with E-state index in [0.29, 0.717) is 16.9 Å². The molecule has 3 fully saturated rings. The zero-order valence-electron chi connectivity index (χ0n) is 21.3. The summed E-state index contributed by atoms with van der Waals surface area (Å²) in [6.07, 6.45) is 17.6. The Morgan fingerprint density at radius 1 is 1.06 bits per heavy atom. The highest BCUT2D eigenvalue weighted by atomic mass is 16.1. The van der Waals surface area contributed by atoms with Gasteiger partial charge in [0.1, 0.15) is 0 Å². The highest BCUT2D eigenvalue weighted by Gasteiger charge is 2.59. The average molecular weight is 428 g/mol. The molecule has 1 amide bonds. The van der Waals surface area contributed by atoms with Crippen LogP contribution < -0.4 is 5.32 Å². The first-order valence-electron chi connectivity index (χ1n) is 13.6. The maximum Gasteiger partial charge on any atom is 0.217 e. The van der Waals surface area contributed by atoms with Crippen molar-refractivity contribution in [3.8, 4) is 0 Å². The van der Waals surface area contributed by atoms with Crippen LogP contribution in [0.1, 0.15) is 112 Å². The van der Waals surface area contributed by atoms with Crippen molar-refractivity contribution in [2.75, 3.05) is 0 Å². The Morgan fingerprint density at radius 3 is 2.55 bits per heavy atom. The normalized spacial score (nSPS) is 42.9. The van der Waals surface area contributed by atoms with Gasteiger partial charge in [0.05, 0.1) is 0 Å². The number of amides is 1. The van der Waals surface area contributed by atoms with Crippen LogP contribution in [0.15, 0.2) is 11.6 Å². The minimum atomic E-state index is 0.135. The second kappa shape index (κ2) is 8.86. The lowest BCUT2D eigenvalue weighted by atomic mass is 9.47. The van der Waals surface area contributed by atoms with E-state index >= 15 is 0 Å². The van der Waals surface area contributed by atoms with Crippen LogP contribution in [0.3, 0.4) is 0 Å². The van der Waals surface area contributed by atoms with Gasteiger partial charge in [-0.15, -0.1) is 0 Å². The molecule has 8 atom stereocenters. The third-order valence-corrected chi connectivity index (χ3v) is 10.7. The minimum Gasteiger partial charge on any atom is -0.353 e. The van der Waals surface area contributed by atoms with E-state index in [1.54, 1.807) is 12.5 Å². The fraction of sp³-hybridized carbons (Fsp3) is 0.897. The topological polar surface area (TPSA) is 29.1 Å². The zero-order valence-corrected chi connectivity index (χ0v) is 21.3. The predicted octanol–water partition coefficient (Wildman–Crippen LogP) is 7.53. The summed E-state index contributed by atoms with van der Waals surface area (Å²) in [7, 11) is 0. The van der Waals surface area contributed by atoms with E-state index in [0.717, 1.165) is 48.3 Å². The van der Waals surface area contributed by atoms with Gasteiger partial charge >= 0.3 is 0 Å². The first-order chi connectivity index (χ1) is 14.6. The number of carbonyl (C=O) groups excluding carboxylic acids is 1. The molecule has 4 rings (SSSR count). The third kappa shape index (κ3) is 4.26. The molecule has 0 bridgehead atoms. The molecule has 3 unspecified atom stereocenters. The van der Waals surface area contributed by atoms with Crippen molar-refractivity contribution in [2.45, 2.75) is 118 Å². The van der Waals surface area contributed by atoms with Gasteiger partial charge in [-0.3, -0.25) is 4.79 Å². The van der Waals surface area contributed by atoms with E-state index in [1.165, 1.54) is 57.8 Å². The molecule has 0 radical (unpaired) electrons. The largest absolute Gasteiger partial charge is 0.353 e. The summed E-state index contributed by atoms with van der Waals surface area (Å²) in [6, 6.07) is 0.366. The standard InChI is InChI=1S/C29H49NO/c1-19(2)8-7-9-20(3)25-12-13-26-24-11-10-22-18-23(30-21(4)31)14-16-28(22,5)27(24)15-17-29(25,26)6/h10,19-20,23-27H,7-9,11-18H2,1-6H3,(H,30,31)/t20-,23+,24?,25-,26?,27?,28+,29-/m1/s1. The SMILES string of the molecule is CC(=O)N[C@H]1CC[C@@]2(C)C(=CCC3C2CC[C@@]2(C)C3CC[C@@H]2[C@H](C)CCCC(C)C)C1. The van der Waals surface area contributed by atoms with Crippen molar-refractivity contribution in [1.82, 2.24) is 5.32 Å². The lowest BCUT2D eigenvalue weighted by molar-refractivity contribution is -0.120. The number of hydrogen-bond acceptors (Lipinski definition) is 1. The summed E-state index contributed by atoms with van der Waals surface area (Å²) in [5, 5.41) is 3.21. The molecule has 2 heteroatoms. The highest BCUT2D eigenvalue weighted by Crippen LogP contribution is 2.67. The molecule has 31 heavy (non-hydrogen) atoms. The van der Waals surface area contributed by atoms with E-state index in [2.05, 4.69) is 46.0 Å². The Labute approximate surface area is 192 Å². The van der Waals surface area contributed by atoms with Gasteiger partial charge in [0, 0.05) is 13.0 Å². The van der Waals surface area contributed by atoms with Crippen LogP contribution in [0, 0.1) is 46.3 Å². The van der Waals surface area contributed by atoms with E-state index in [1.807, 2.05) is 0 Å². The van der Waals surface area contributed by atoms with Crippen molar-refractivity contribution in [3.05, 3.63) is 11.6 Å². The molecule has 2 nitrogen and oxygen atoms in total. The second-order valence-corrected chi connectivity index (χ2v) is 12.9. The molecule has 0 aromatic carbocycles. The van der Waals surface area contributed by atoms with Crippen LogP contribution in [-0.2, 0) is 4.79 Å². The molecular weight excluding hydrogens is 378 g/mol. The number of allylic oxidation sites excluding steroid dienone is 1. The molecule has 3 saturated carbocycles. The van der Waals surface area contributed by atoms with Crippen LogP contribution >= 0.6 is 0 Å². The van der Waals surface area contributed by atoms with Crippen molar-refractivity contribution < 1.29 is 4.79 Å². The first-order valence-corrected chi connectivity index (χ1v) is 13.6. The van der Waals surface area contributed by atoms with Crippen LogP contribution in [-0.4, -0.2) is 11.9 Å². The van der Waals surface area contributed by atoms with Gasteiger partial charge in [-0.05, 0) is 97.7 Å². The third-order valence-electron chi connectivity index (χ3n) is 10.7. The summed E-state index contributed by atoms with van der Waals surface area (Å²) in [6.45, 7) is 14.3. The van der Waals surface area contributed by atoms with Gasteiger partial charge < -0.3 is 5.32 Å². The Kier molecular flexibility index (Phi) is 6.68. The molecule has 0 heterocycles. The van der Waals surface area contributed by atoms with Gasteiger partial charge in [0.25, 0.3) is 0 Å².